The summed E-state index contributed by atoms with van der Waals surface area (Å²) in [6.45, 7) is 7.44. The second-order valence-corrected chi connectivity index (χ2v) is 10.1. The Hall–Kier alpha value is -3.59. The van der Waals surface area contributed by atoms with Crippen LogP contribution in [0.3, 0.4) is 0 Å². The monoisotopic (exact) mass is 496 g/mol. The molecule has 7 nitrogen and oxygen atoms in total. The molecule has 2 N–H and O–H groups in total. The van der Waals surface area contributed by atoms with Gasteiger partial charge >= 0.3 is 0 Å². The van der Waals surface area contributed by atoms with Crippen LogP contribution in [0.15, 0.2) is 60.1 Å². The van der Waals surface area contributed by atoms with E-state index in [0.29, 0.717) is 16.4 Å². The molecule has 0 radical (unpaired) electrons. The molecule has 0 fully saturated rings. The zero-order valence-electron chi connectivity index (χ0n) is 20.2. The van der Waals surface area contributed by atoms with Gasteiger partial charge in [0.2, 0.25) is 17.7 Å². The van der Waals surface area contributed by atoms with Crippen molar-refractivity contribution >= 4 is 39.9 Å². The molecule has 0 aliphatic carbocycles. The summed E-state index contributed by atoms with van der Waals surface area (Å²) < 4.78 is 13.7. The lowest BCUT2D eigenvalue weighted by atomic mass is 10.00. The van der Waals surface area contributed by atoms with E-state index in [9.17, 15) is 18.8 Å². The van der Waals surface area contributed by atoms with Crippen LogP contribution in [0, 0.1) is 12.7 Å². The average molecular weight is 497 g/mol. The van der Waals surface area contributed by atoms with Crippen molar-refractivity contribution < 1.29 is 18.8 Å². The number of aromatic nitrogens is 1. The first kappa shape index (κ1) is 26.0. The summed E-state index contributed by atoms with van der Waals surface area (Å²) in [5.74, 6) is -1.63. The van der Waals surface area contributed by atoms with Crippen LogP contribution in [-0.4, -0.2) is 28.2 Å². The predicted molar refractivity (Wildman–Crippen MR) is 136 cm³/mol. The fourth-order valence-electron chi connectivity index (χ4n) is 3.45. The number of aryl methyl sites for hydroxylation is 1. The standard InChI is InChI=1S/C26H29FN4O3S/c1-17-5-11-20(12-6-17)31(22(33)14-13-21(32)29-25-28-15-16-35-25)23(24(34)30-26(2,3)4)18-7-9-19(27)10-8-18/h5-12,15-16,23H,13-14H2,1-4H3,(H,30,34)(H,28,29,32)/t23-/m0/s1. The molecular formula is C26H29FN4O3S. The molecule has 0 saturated carbocycles. The van der Waals surface area contributed by atoms with Gasteiger partial charge in [-0.15, -0.1) is 11.3 Å². The second-order valence-electron chi connectivity index (χ2n) is 9.18. The van der Waals surface area contributed by atoms with Gasteiger partial charge in [-0.25, -0.2) is 9.37 Å². The number of nitrogens with one attached hydrogen (secondary N) is 2. The van der Waals surface area contributed by atoms with E-state index in [1.165, 1.54) is 40.5 Å². The Balaban J connectivity index is 1.95. The van der Waals surface area contributed by atoms with Gasteiger partial charge in [-0.05, 0) is 57.5 Å². The number of carbonyl (C=O) groups excluding carboxylic acids is 3. The zero-order chi connectivity index (χ0) is 25.6. The molecule has 0 saturated heterocycles. The van der Waals surface area contributed by atoms with E-state index in [1.807, 2.05) is 39.8 Å². The smallest absolute Gasteiger partial charge is 0.248 e. The Morgan fingerprint density at radius 2 is 1.69 bits per heavy atom. The van der Waals surface area contributed by atoms with Crippen LogP contribution in [-0.2, 0) is 14.4 Å². The Labute approximate surface area is 208 Å². The predicted octanol–water partition coefficient (Wildman–Crippen LogP) is 5.00. The number of hydrogen-bond donors (Lipinski definition) is 2. The van der Waals surface area contributed by atoms with Gasteiger partial charge in [0.05, 0.1) is 0 Å². The zero-order valence-corrected chi connectivity index (χ0v) is 21.0. The molecule has 1 heterocycles. The average Bonchev–Trinajstić information content (AvgIpc) is 3.29. The molecule has 3 aromatic rings. The van der Waals surface area contributed by atoms with Crippen molar-refractivity contribution in [2.75, 3.05) is 10.2 Å². The summed E-state index contributed by atoms with van der Waals surface area (Å²) in [5, 5.41) is 7.78. The molecule has 35 heavy (non-hydrogen) atoms. The second kappa shape index (κ2) is 11.2. The molecular weight excluding hydrogens is 467 g/mol. The number of nitrogens with zero attached hydrogens (tertiary/aromatic N) is 2. The van der Waals surface area contributed by atoms with Crippen LogP contribution in [0.25, 0.3) is 0 Å². The molecule has 0 unspecified atom stereocenters. The van der Waals surface area contributed by atoms with Crippen molar-refractivity contribution in [2.24, 2.45) is 0 Å². The van der Waals surface area contributed by atoms with E-state index in [-0.39, 0.29) is 18.7 Å². The highest BCUT2D eigenvalue weighted by Gasteiger charge is 2.34. The van der Waals surface area contributed by atoms with Crippen LogP contribution >= 0.6 is 11.3 Å². The molecule has 0 aliphatic heterocycles. The summed E-state index contributed by atoms with van der Waals surface area (Å²) in [4.78, 5) is 44.8. The van der Waals surface area contributed by atoms with Crippen molar-refractivity contribution in [1.82, 2.24) is 10.3 Å². The molecule has 0 bridgehead atoms. The highest BCUT2D eigenvalue weighted by Crippen LogP contribution is 2.30. The summed E-state index contributed by atoms with van der Waals surface area (Å²) in [6.07, 6.45) is 1.36. The van der Waals surface area contributed by atoms with Gasteiger partial charge in [0.15, 0.2) is 5.13 Å². The lowest BCUT2D eigenvalue weighted by Crippen LogP contribution is -2.49. The van der Waals surface area contributed by atoms with E-state index in [4.69, 9.17) is 0 Å². The van der Waals surface area contributed by atoms with E-state index in [0.717, 1.165) is 5.56 Å². The molecule has 0 spiro atoms. The SMILES string of the molecule is Cc1ccc(N(C(=O)CCC(=O)Nc2nccs2)[C@H](C(=O)NC(C)(C)C)c2ccc(F)cc2)cc1. The van der Waals surface area contributed by atoms with Crippen molar-refractivity contribution in [1.29, 1.82) is 0 Å². The summed E-state index contributed by atoms with van der Waals surface area (Å²) in [7, 11) is 0. The normalized spacial score (nSPS) is 12.0. The van der Waals surface area contributed by atoms with E-state index in [2.05, 4.69) is 15.6 Å². The minimum Gasteiger partial charge on any atom is -0.349 e. The summed E-state index contributed by atoms with van der Waals surface area (Å²) in [5.41, 5.74) is 1.38. The van der Waals surface area contributed by atoms with Gasteiger partial charge in [-0.1, -0.05) is 29.8 Å². The largest absolute Gasteiger partial charge is 0.349 e. The lowest BCUT2D eigenvalue weighted by Gasteiger charge is -2.34. The first-order valence-electron chi connectivity index (χ1n) is 11.2. The molecule has 0 aliphatic rings. The highest BCUT2D eigenvalue weighted by atomic mass is 32.1. The van der Waals surface area contributed by atoms with Crippen molar-refractivity contribution in [2.45, 2.75) is 52.1 Å². The maximum Gasteiger partial charge on any atom is 0.248 e. The fraction of sp³-hybridized carbons (Fsp3) is 0.308. The van der Waals surface area contributed by atoms with Crippen LogP contribution in [0.1, 0.15) is 50.8 Å². The number of rotatable bonds is 8. The molecule has 184 valence electrons. The Morgan fingerprint density at radius 3 is 2.26 bits per heavy atom. The van der Waals surface area contributed by atoms with E-state index >= 15 is 0 Å². The van der Waals surface area contributed by atoms with E-state index in [1.54, 1.807) is 23.7 Å². The topological polar surface area (TPSA) is 91.4 Å². The summed E-state index contributed by atoms with van der Waals surface area (Å²) in [6, 6.07) is 11.6. The van der Waals surface area contributed by atoms with Crippen molar-refractivity contribution in [3.8, 4) is 0 Å². The number of benzene rings is 2. The van der Waals surface area contributed by atoms with Crippen LogP contribution in [0.2, 0.25) is 0 Å². The maximum atomic E-state index is 13.7. The number of amides is 3. The maximum absolute atomic E-state index is 13.7. The number of carbonyl (C=O) groups is 3. The number of hydrogen-bond acceptors (Lipinski definition) is 5. The molecule has 9 heteroatoms. The number of anilines is 2. The number of halogens is 1. The lowest BCUT2D eigenvalue weighted by molar-refractivity contribution is -0.128. The van der Waals surface area contributed by atoms with Gasteiger partial charge < -0.3 is 10.6 Å². The van der Waals surface area contributed by atoms with Gasteiger partial charge in [-0.3, -0.25) is 19.3 Å². The Morgan fingerprint density at radius 1 is 1.03 bits per heavy atom. The van der Waals surface area contributed by atoms with Gasteiger partial charge in [0, 0.05) is 35.6 Å². The quantitative estimate of drug-likeness (QED) is 0.459. The summed E-state index contributed by atoms with van der Waals surface area (Å²) >= 11 is 1.28. The minimum absolute atomic E-state index is 0.0855. The third kappa shape index (κ3) is 7.45. The molecule has 2 aromatic carbocycles. The van der Waals surface area contributed by atoms with Crippen LogP contribution in [0.5, 0.6) is 0 Å². The molecule has 1 atom stereocenters. The van der Waals surface area contributed by atoms with Crippen LogP contribution in [0.4, 0.5) is 15.2 Å². The molecule has 1 aromatic heterocycles. The van der Waals surface area contributed by atoms with Gasteiger partial charge in [0.25, 0.3) is 0 Å². The third-order valence-corrected chi connectivity index (χ3v) is 5.70. The van der Waals surface area contributed by atoms with Gasteiger partial charge in [0.1, 0.15) is 11.9 Å². The van der Waals surface area contributed by atoms with Crippen molar-refractivity contribution in [3.05, 3.63) is 77.1 Å². The number of thiazole rings is 1. The molecule has 3 amide bonds. The first-order valence-corrected chi connectivity index (χ1v) is 12.1. The Bertz CT molecular complexity index is 1160. The first-order chi connectivity index (χ1) is 16.5. The Kier molecular flexibility index (Phi) is 8.34. The third-order valence-electron chi connectivity index (χ3n) is 5.02. The van der Waals surface area contributed by atoms with Crippen LogP contribution < -0.4 is 15.5 Å². The fourth-order valence-corrected chi connectivity index (χ4v) is 4.00. The van der Waals surface area contributed by atoms with Gasteiger partial charge in [-0.2, -0.15) is 0 Å². The van der Waals surface area contributed by atoms with E-state index < -0.39 is 29.2 Å². The minimum atomic E-state index is -1.06. The highest BCUT2D eigenvalue weighted by molar-refractivity contribution is 7.13. The molecule has 3 rings (SSSR count). The van der Waals surface area contributed by atoms with Crippen molar-refractivity contribution in [3.63, 3.8) is 0 Å².